The van der Waals surface area contributed by atoms with Crippen molar-refractivity contribution in [2.75, 3.05) is 11.9 Å². The number of rotatable bonds is 4. The van der Waals surface area contributed by atoms with Gasteiger partial charge in [-0.05, 0) is 49.2 Å². The molecule has 160 valence electrons. The molecule has 4 rings (SSSR count). The number of hydrogen-bond donors (Lipinski definition) is 1. The van der Waals surface area contributed by atoms with Gasteiger partial charge in [0.25, 0.3) is 11.5 Å². The van der Waals surface area contributed by atoms with Gasteiger partial charge in [0.15, 0.2) is 6.61 Å². The number of aromatic nitrogens is 2. The average Bonchev–Trinajstić information content (AvgIpc) is 3.00. The summed E-state index contributed by atoms with van der Waals surface area (Å²) >= 11 is 11.9. The molecule has 0 bridgehead atoms. The minimum absolute atomic E-state index is 0.0976. The number of hydrogen-bond acceptors (Lipinski definition) is 5. The molecule has 0 atom stereocenters. The second-order valence-corrected chi connectivity index (χ2v) is 8.12. The fourth-order valence-corrected chi connectivity index (χ4v) is 3.88. The van der Waals surface area contributed by atoms with Crippen LogP contribution in [0.3, 0.4) is 0 Å². The van der Waals surface area contributed by atoms with Gasteiger partial charge in [0.2, 0.25) is 0 Å². The van der Waals surface area contributed by atoms with Gasteiger partial charge in [-0.2, -0.15) is 0 Å². The summed E-state index contributed by atoms with van der Waals surface area (Å²) in [5.41, 5.74) is 0.889. The normalized spacial score (nSPS) is 13.4. The highest BCUT2D eigenvalue weighted by Gasteiger charge is 2.17. The highest BCUT2D eigenvalue weighted by Crippen LogP contribution is 2.25. The maximum absolute atomic E-state index is 12.8. The number of benzene rings is 2. The number of nitrogens with zero attached hydrogens (tertiary/aromatic N) is 2. The molecule has 7 nitrogen and oxygen atoms in total. The molecule has 2 heterocycles. The van der Waals surface area contributed by atoms with Crippen molar-refractivity contribution in [3.8, 4) is 0 Å². The van der Waals surface area contributed by atoms with Gasteiger partial charge in [0.1, 0.15) is 5.82 Å². The van der Waals surface area contributed by atoms with E-state index in [1.165, 1.54) is 18.2 Å². The van der Waals surface area contributed by atoms with Crippen LogP contribution in [0.4, 0.5) is 5.69 Å². The minimum Gasteiger partial charge on any atom is -0.452 e. The maximum atomic E-state index is 12.8. The van der Waals surface area contributed by atoms with Crippen LogP contribution >= 0.6 is 23.2 Å². The predicted molar refractivity (Wildman–Crippen MR) is 119 cm³/mol. The largest absolute Gasteiger partial charge is 0.452 e. The summed E-state index contributed by atoms with van der Waals surface area (Å²) in [7, 11) is 0. The molecule has 0 unspecified atom stereocenters. The lowest BCUT2D eigenvalue weighted by Crippen LogP contribution is -2.25. The molecule has 3 aromatic rings. The first-order chi connectivity index (χ1) is 14.9. The Bertz CT molecular complexity index is 1240. The van der Waals surface area contributed by atoms with Crippen molar-refractivity contribution in [1.29, 1.82) is 0 Å². The number of ether oxygens (including phenoxy) is 1. The number of fused-ring (bicyclic) bond motifs is 2. The van der Waals surface area contributed by atoms with E-state index in [2.05, 4.69) is 10.3 Å². The van der Waals surface area contributed by atoms with E-state index in [1.807, 2.05) is 0 Å². The van der Waals surface area contributed by atoms with E-state index in [0.717, 1.165) is 31.5 Å². The molecule has 1 aliphatic rings. The monoisotopic (exact) mass is 459 g/mol. The highest BCUT2D eigenvalue weighted by atomic mass is 35.5. The summed E-state index contributed by atoms with van der Waals surface area (Å²) < 4.78 is 6.83. The molecule has 0 aliphatic carbocycles. The molecule has 1 N–H and O–H groups in total. The quantitative estimate of drug-likeness (QED) is 0.589. The topological polar surface area (TPSA) is 90.3 Å². The van der Waals surface area contributed by atoms with Gasteiger partial charge in [-0.3, -0.25) is 14.2 Å². The Morgan fingerprint density at radius 2 is 1.94 bits per heavy atom. The number of carbonyl (C=O) groups is 2. The van der Waals surface area contributed by atoms with Crippen LogP contribution in [0.5, 0.6) is 0 Å². The van der Waals surface area contributed by atoms with Crippen molar-refractivity contribution < 1.29 is 14.3 Å². The smallest absolute Gasteiger partial charge is 0.338 e. The number of aryl methyl sites for hydroxylation is 1. The van der Waals surface area contributed by atoms with E-state index in [0.29, 0.717) is 33.2 Å². The zero-order valence-electron chi connectivity index (χ0n) is 16.5. The lowest BCUT2D eigenvalue weighted by atomic mass is 10.1. The van der Waals surface area contributed by atoms with Crippen molar-refractivity contribution in [3.63, 3.8) is 0 Å². The van der Waals surface area contributed by atoms with E-state index >= 15 is 0 Å². The SMILES string of the molecule is O=C(COC(=O)c1ccc2c(=O)n3c(nc2c1)CCCCC3)Nc1cc(Cl)ccc1Cl. The van der Waals surface area contributed by atoms with Gasteiger partial charge >= 0.3 is 5.97 Å². The van der Waals surface area contributed by atoms with E-state index in [1.54, 1.807) is 22.8 Å². The standard InChI is InChI=1S/C22H19Cl2N3O4/c23-14-6-8-16(24)18(11-14)26-20(28)12-31-22(30)13-5-7-15-17(10-13)25-19-4-2-1-3-9-27(19)21(15)29/h5-8,10-11H,1-4,9,12H2,(H,26,28). The van der Waals surface area contributed by atoms with Gasteiger partial charge in [-0.25, -0.2) is 9.78 Å². The van der Waals surface area contributed by atoms with Crippen molar-refractivity contribution in [1.82, 2.24) is 9.55 Å². The van der Waals surface area contributed by atoms with Crippen LogP contribution in [0.15, 0.2) is 41.2 Å². The number of halogens is 2. The fourth-order valence-electron chi connectivity index (χ4n) is 3.54. The predicted octanol–water partition coefficient (Wildman–Crippen LogP) is 4.23. The molecule has 9 heteroatoms. The molecule has 1 aliphatic heterocycles. The molecule has 0 radical (unpaired) electrons. The van der Waals surface area contributed by atoms with E-state index in [9.17, 15) is 14.4 Å². The number of nitrogens with one attached hydrogen (secondary N) is 1. The van der Waals surface area contributed by atoms with E-state index < -0.39 is 18.5 Å². The summed E-state index contributed by atoms with van der Waals surface area (Å²) in [5, 5.41) is 3.73. The third-order valence-electron chi connectivity index (χ3n) is 5.09. The van der Waals surface area contributed by atoms with Crippen LogP contribution in [-0.4, -0.2) is 28.0 Å². The Labute approximate surface area is 187 Å². The Morgan fingerprint density at radius 1 is 1.10 bits per heavy atom. The minimum atomic E-state index is -0.689. The summed E-state index contributed by atoms with van der Waals surface area (Å²) in [6, 6.07) is 9.25. The molecular weight excluding hydrogens is 441 g/mol. The van der Waals surface area contributed by atoms with Crippen LogP contribution < -0.4 is 10.9 Å². The molecule has 2 aromatic carbocycles. The summed E-state index contributed by atoms with van der Waals surface area (Å²) in [6.45, 7) is 0.159. The van der Waals surface area contributed by atoms with Gasteiger partial charge in [0.05, 0.1) is 27.2 Å². The van der Waals surface area contributed by atoms with Crippen LogP contribution in [-0.2, 0) is 22.5 Å². The van der Waals surface area contributed by atoms with Crippen LogP contribution in [0.25, 0.3) is 10.9 Å². The van der Waals surface area contributed by atoms with E-state index in [4.69, 9.17) is 27.9 Å². The number of anilines is 1. The van der Waals surface area contributed by atoms with Crippen LogP contribution in [0.2, 0.25) is 10.0 Å². The molecular formula is C22H19Cl2N3O4. The van der Waals surface area contributed by atoms with Crippen molar-refractivity contribution in [2.45, 2.75) is 32.2 Å². The Balaban J connectivity index is 1.48. The second kappa shape index (κ2) is 9.08. The average molecular weight is 460 g/mol. The maximum Gasteiger partial charge on any atom is 0.338 e. The first kappa shape index (κ1) is 21.3. The Kier molecular flexibility index (Phi) is 6.25. The summed E-state index contributed by atoms with van der Waals surface area (Å²) in [4.78, 5) is 41.9. The first-order valence-electron chi connectivity index (χ1n) is 9.88. The van der Waals surface area contributed by atoms with Gasteiger partial charge in [0, 0.05) is 18.0 Å². The molecule has 1 amide bonds. The third kappa shape index (κ3) is 4.73. The molecule has 0 fully saturated rings. The van der Waals surface area contributed by atoms with Crippen molar-refractivity contribution in [3.05, 3.63) is 68.2 Å². The zero-order chi connectivity index (χ0) is 22.0. The van der Waals surface area contributed by atoms with Gasteiger partial charge in [-0.1, -0.05) is 29.6 Å². The molecule has 1 aromatic heterocycles. The van der Waals surface area contributed by atoms with Crippen LogP contribution in [0, 0.1) is 0 Å². The van der Waals surface area contributed by atoms with E-state index in [-0.39, 0.29) is 11.1 Å². The van der Waals surface area contributed by atoms with Gasteiger partial charge < -0.3 is 10.1 Å². The molecule has 0 spiro atoms. The fraction of sp³-hybridized carbons (Fsp3) is 0.273. The zero-order valence-corrected chi connectivity index (χ0v) is 18.0. The van der Waals surface area contributed by atoms with Crippen molar-refractivity contribution >= 4 is 51.7 Å². The third-order valence-corrected chi connectivity index (χ3v) is 5.65. The lowest BCUT2D eigenvalue weighted by molar-refractivity contribution is -0.119. The molecule has 31 heavy (non-hydrogen) atoms. The summed E-state index contributed by atoms with van der Waals surface area (Å²) in [5.74, 6) is -0.510. The highest BCUT2D eigenvalue weighted by molar-refractivity contribution is 6.35. The second-order valence-electron chi connectivity index (χ2n) is 7.28. The Hall–Kier alpha value is -2.90. The van der Waals surface area contributed by atoms with Gasteiger partial charge in [-0.15, -0.1) is 0 Å². The number of carbonyl (C=O) groups excluding carboxylic acids is 2. The Morgan fingerprint density at radius 3 is 2.77 bits per heavy atom. The van der Waals surface area contributed by atoms with Crippen LogP contribution in [0.1, 0.15) is 35.4 Å². The summed E-state index contributed by atoms with van der Waals surface area (Å²) in [6.07, 6.45) is 3.71. The number of amides is 1. The molecule has 0 saturated heterocycles. The first-order valence-corrected chi connectivity index (χ1v) is 10.6. The number of esters is 1. The van der Waals surface area contributed by atoms with Crippen molar-refractivity contribution in [2.24, 2.45) is 0 Å². The molecule has 0 saturated carbocycles. The lowest BCUT2D eigenvalue weighted by Gasteiger charge is -2.11.